The van der Waals surface area contributed by atoms with Crippen molar-refractivity contribution in [2.45, 2.75) is 88.0 Å². The van der Waals surface area contributed by atoms with E-state index in [1.54, 1.807) is 27.7 Å². The minimum absolute atomic E-state index is 0.00319. The Kier molecular flexibility index (Phi) is 10.4. The molecule has 1 aromatic rings. The first kappa shape index (κ1) is 33.4. The molecule has 8 heteroatoms. The van der Waals surface area contributed by atoms with Crippen molar-refractivity contribution in [3.63, 3.8) is 0 Å². The van der Waals surface area contributed by atoms with Crippen LogP contribution in [-0.4, -0.2) is 42.9 Å². The van der Waals surface area contributed by atoms with E-state index in [0.717, 1.165) is 18.4 Å². The molecule has 0 spiro atoms. The van der Waals surface area contributed by atoms with E-state index in [-0.39, 0.29) is 28.7 Å². The first-order valence-corrected chi connectivity index (χ1v) is 13.9. The van der Waals surface area contributed by atoms with Crippen LogP contribution in [-0.2, 0) is 22.4 Å². The lowest BCUT2D eigenvalue weighted by molar-refractivity contribution is -0.128. The van der Waals surface area contributed by atoms with Gasteiger partial charge in [0.2, 0.25) is 0 Å². The van der Waals surface area contributed by atoms with Crippen LogP contribution in [0.4, 0.5) is 0 Å². The maximum absolute atomic E-state index is 13.1. The summed E-state index contributed by atoms with van der Waals surface area (Å²) < 4.78 is 0. The zero-order valence-corrected chi connectivity index (χ0v) is 25.6. The van der Waals surface area contributed by atoms with Crippen LogP contribution in [0.25, 0.3) is 0 Å². The van der Waals surface area contributed by atoms with Crippen LogP contribution in [0.2, 0.25) is 0 Å². The smallest absolute Gasteiger partial charge is 0.183 e. The number of allylic oxidation sites excluding steroid dienone is 7. The van der Waals surface area contributed by atoms with Gasteiger partial charge in [0, 0.05) is 35.0 Å². The number of phenolic OH excluding ortho intramolecular Hbond substituents is 3. The van der Waals surface area contributed by atoms with Crippen LogP contribution in [0.3, 0.4) is 0 Å². The van der Waals surface area contributed by atoms with E-state index in [0.29, 0.717) is 0 Å². The lowest BCUT2D eigenvalue weighted by atomic mass is 9.72. The summed E-state index contributed by atoms with van der Waals surface area (Å²) in [6.07, 6.45) is 4.98. The molecule has 8 nitrogen and oxygen atoms in total. The maximum Gasteiger partial charge on any atom is 0.183 e. The second kappa shape index (κ2) is 12.8. The molecule has 5 N–H and O–H groups in total. The third-order valence-corrected chi connectivity index (χ3v) is 7.45. The average molecular weight is 569 g/mol. The lowest BCUT2D eigenvalue weighted by Crippen LogP contribution is -2.37. The molecule has 0 fully saturated rings. The number of hydrogen-bond acceptors (Lipinski definition) is 8. The summed E-state index contributed by atoms with van der Waals surface area (Å²) in [7, 11) is 0. The Hall–Kier alpha value is -3.81. The van der Waals surface area contributed by atoms with Gasteiger partial charge in [0.25, 0.3) is 0 Å². The molecular weight excluding hydrogens is 524 g/mol. The highest BCUT2D eigenvalue weighted by Gasteiger charge is 2.46. The highest BCUT2D eigenvalue weighted by molar-refractivity contribution is 6.24. The Morgan fingerprint density at radius 3 is 1.85 bits per heavy atom. The summed E-state index contributed by atoms with van der Waals surface area (Å²) in [5.41, 5.74) is -0.725. The van der Waals surface area contributed by atoms with Crippen molar-refractivity contribution < 1.29 is 39.9 Å². The number of hydrogen-bond donors (Lipinski definition) is 5. The lowest BCUT2D eigenvalue weighted by Gasteiger charge is -2.31. The van der Waals surface area contributed by atoms with E-state index in [2.05, 4.69) is 6.08 Å². The second-order valence-corrected chi connectivity index (χ2v) is 12.2. The van der Waals surface area contributed by atoms with Crippen LogP contribution in [0.5, 0.6) is 17.2 Å². The van der Waals surface area contributed by atoms with Gasteiger partial charge in [0.1, 0.15) is 39.9 Å². The molecule has 224 valence electrons. The highest BCUT2D eigenvalue weighted by atomic mass is 16.3. The quantitative estimate of drug-likeness (QED) is 0.110. The number of aromatic hydroxyl groups is 3. The van der Waals surface area contributed by atoms with Gasteiger partial charge in [-0.3, -0.25) is 14.4 Å². The highest BCUT2D eigenvalue weighted by Crippen LogP contribution is 2.47. The van der Waals surface area contributed by atoms with E-state index in [1.807, 2.05) is 26.8 Å². The van der Waals surface area contributed by atoms with Gasteiger partial charge in [0.05, 0.1) is 5.41 Å². The SMILES string of the molecule is CC(C)=CCCC(C)=CCc1c(O)c(CC2=C(O)C(C)(C)C(=O)C(C(=O)C(C)C)=C2O)c(O)c(C(=O)C(C)C)c1O. The van der Waals surface area contributed by atoms with Gasteiger partial charge >= 0.3 is 0 Å². The molecule has 1 aliphatic carbocycles. The largest absolute Gasteiger partial charge is 0.511 e. The summed E-state index contributed by atoms with van der Waals surface area (Å²) in [5, 5.41) is 55.7. The Morgan fingerprint density at radius 2 is 1.34 bits per heavy atom. The summed E-state index contributed by atoms with van der Waals surface area (Å²) >= 11 is 0. The van der Waals surface area contributed by atoms with E-state index >= 15 is 0 Å². The Labute approximate surface area is 242 Å². The van der Waals surface area contributed by atoms with Crippen LogP contribution < -0.4 is 0 Å². The van der Waals surface area contributed by atoms with Crippen LogP contribution in [0, 0.1) is 17.3 Å². The Balaban J connectivity index is 2.80. The van der Waals surface area contributed by atoms with E-state index < -0.39 is 75.4 Å². The number of aliphatic hydroxyl groups excluding tert-OH is 2. The van der Waals surface area contributed by atoms with Crippen molar-refractivity contribution in [1.82, 2.24) is 0 Å². The molecule has 0 unspecified atom stereocenters. The van der Waals surface area contributed by atoms with Gasteiger partial charge in [-0.1, -0.05) is 51.0 Å². The number of carbonyl (C=O) groups is 3. The van der Waals surface area contributed by atoms with E-state index in [1.165, 1.54) is 19.4 Å². The van der Waals surface area contributed by atoms with Crippen LogP contribution >= 0.6 is 0 Å². The molecule has 0 saturated carbocycles. The molecule has 0 aromatic heterocycles. The zero-order chi connectivity index (χ0) is 31.6. The first-order valence-electron chi connectivity index (χ1n) is 13.9. The van der Waals surface area contributed by atoms with E-state index in [9.17, 15) is 39.9 Å². The van der Waals surface area contributed by atoms with Gasteiger partial charge < -0.3 is 25.5 Å². The number of rotatable bonds is 11. The molecule has 0 saturated heterocycles. The van der Waals surface area contributed by atoms with Crippen molar-refractivity contribution in [2.75, 3.05) is 0 Å². The Bertz CT molecular complexity index is 1380. The van der Waals surface area contributed by atoms with Crippen molar-refractivity contribution in [3.8, 4) is 17.2 Å². The first-order chi connectivity index (χ1) is 18.9. The summed E-state index contributed by atoms with van der Waals surface area (Å²) in [4.78, 5) is 39.1. The number of carbonyl (C=O) groups excluding carboxylic acids is 3. The molecule has 0 radical (unpaired) electrons. The average Bonchev–Trinajstić information content (AvgIpc) is 2.86. The summed E-state index contributed by atoms with van der Waals surface area (Å²) in [5.74, 6) is -6.22. The van der Waals surface area contributed by atoms with Gasteiger partial charge in [0.15, 0.2) is 17.3 Å². The fraction of sp³-hybridized carbons (Fsp3) is 0.485. The third-order valence-electron chi connectivity index (χ3n) is 7.45. The van der Waals surface area contributed by atoms with Gasteiger partial charge in [-0.05, 0) is 53.9 Å². The minimum atomic E-state index is -1.58. The number of benzene rings is 1. The predicted molar refractivity (Wildman–Crippen MR) is 158 cm³/mol. The number of ketones is 3. The molecule has 2 rings (SSSR count). The van der Waals surface area contributed by atoms with E-state index in [4.69, 9.17) is 0 Å². The standard InChI is InChI=1S/C33H44O8/c1-16(2)11-10-12-19(7)13-14-20-27(36)21(29(38)23(28(20)37)25(34)17(3)4)15-22-30(39)24(26(35)18(5)6)32(41)33(8,9)31(22)40/h11,13,17-18,36-40H,10,12,14-15H2,1-9H3. The monoisotopic (exact) mass is 568 g/mol. The van der Waals surface area contributed by atoms with Gasteiger partial charge in [-0.25, -0.2) is 0 Å². The molecule has 0 amide bonds. The number of Topliss-reactive ketones (excluding diaryl/α,β-unsaturated/α-hetero) is 3. The molecule has 0 aliphatic heterocycles. The molecule has 0 heterocycles. The maximum atomic E-state index is 13.1. The molecular formula is C33H44O8. The molecule has 0 atom stereocenters. The van der Waals surface area contributed by atoms with Crippen LogP contribution in [0.15, 0.2) is 46.0 Å². The molecule has 1 aliphatic rings. The summed E-state index contributed by atoms with van der Waals surface area (Å²) in [6.45, 7) is 15.1. The van der Waals surface area contributed by atoms with Crippen molar-refractivity contribution in [2.24, 2.45) is 17.3 Å². The predicted octanol–water partition coefficient (Wildman–Crippen LogP) is 6.88. The normalized spacial score (nSPS) is 15.7. The van der Waals surface area contributed by atoms with Crippen molar-refractivity contribution >= 4 is 17.3 Å². The van der Waals surface area contributed by atoms with Crippen molar-refractivity contribution in [1.29, 1.82) is 0 Å². The van der Waals surface area contributed by atoms with Gasteiger partial charge in [-0.2, -0.15) is 0 Å². The zero-order valence-electron chi connectivity index (χ0n) is 25.6. The van der Waals surface area contributed by atoms with Gasteiger partial charge in [-0.15, -0.1) is 0 Å². The number of phenols is 3. The molecule has 0 bridgehead atoms. The molecule has 1 aromatic carbocycles. The summed E-state index contributed by atoms with van der Waals surface area (Å²) in [6, 6.07) is 0. The second-order valence-electron chi connectivity index (χ2n) is 12.2. The van der Waals surface area contributed by atoms with Crippen molar-refractivity contribution in [3.05, 3.63) is 62.7 Å². The topological polar surface area (TPSA) is 152 Å². The number of aliphatic hydroxyl groups is 2. The third kappa shape index (κ3) is 6.75. The Morgan fingerprint density at radius 1 is 0.805 bits per heavy atom. The minimum Gasteiger partial charge on any atom is -0.511 e. The fourth-order valence-corrected chi connectivity index (χ4v) is 4.70. The molecule has 41 heavy (non-hydrogen) atoms. The van der Waals surface area contributed by atoms with Crippen LogP contribution in [0.1, 0.15) is 96.6 Å². The fourth-order valence-electron chi connectivity index (χ4n) is 4.70.